The third kappa shape index (κ3) is 5.35. The van der Waals surface area contributed by atoms with Gasteiger partial charge in [0.1, 0.15) is 12.4 Å². The number of carbonyl (C=O) groups excluding carboxylic acids is 2. The quantitative estimate of drug-likeness (QED) is 0.776. The van der Waals surface area contributed by atoms with Gasteiger partial charge in [0, 0.05) is 51.0 Å². The highest BCUT2D eigenvalue weighted by molar-refractivity contribution is 5.93. The fourth-order valence-corrected chi connectivity index (χ4v) is 3.59. The largest absolute Gasteiger partial charge is 0.491 e. The van der Waals surface area contributed by atoms with Gasteiger partial charge in [-0.15, -0.1) is 0 Å². The van der Waals surface area contributed by atoms with Gasteiger partial charge in [-0.3, -0.25) is 4.79 Å². The number of likely N-dealkylation sites (tertiary alicyclic amines) is 2. The lowest BCUT2D eigenvalue weighted by Crippen LogP contribution is -2.47. The Morgan fingerprint density at radius 2 is 1.78 bits per heavy atom. The van der Waals surface area contributed by atoms with Crippen molar-refractivity contribution in [3.8, 4) is 5.75 Å². The molecule has 7 nitrogen and oxygen atoms in total. The van der Waals surface area contributed by atoms with Crippen LogP contribution in [0.15, 0.2) is 24.3 Å². The third-order valence-electron chi connectivity index (χ3n) is 5.17. The summed E-state index contributed by atoms with van der Waals surface area (Å²) in [6.45, 7) is 4.01. The Labute approximate surface area is 160 Å². The van der Waals surface area contributed by atoms with Crippen molar-refractivity contribution in [2.45, 2.75) is 25.7 Å². The van der Waals surface area contributed by atoms with Crippen molar-refractivity contribution < 1.29 is 19.1 Å². The number of hydrogen-bond donors (Lipinski definition) is 1. The van der Waals surface area contributed by atoms with Crippen LogP contribution in [0.1, 0.15) is 25.7 Å². The molecule has 0 aliphatic carbocycles. The minimum atomic E-state index is -0.0642. The van der Waals surface area contributed by atoms with Crippen LogP contribution < -0.4 is 10.1 Å². The molecule has 27 heavy (non-hydrogen) atoms. The minimum Gasteiger partial charge on any atom is -0.491 e. The number of carbonyl (C=O) groups is 2. The molecule has 1 aromatic rings. The van der Waals surface area contributed by atoms with Crippen molar-refractivity contribution in [2.24, 2.45) is 5.92 Å². The molecule has 2 aliphatic rings. The summed E-state index contributed by atoms with van der Waals surface area (Å²) in [5.41, 5.74) is 0.727. The molecule has 0 unspecified atom stereocenters. The molecule has 2 saturated heterocycles. The third-order valence-corrected chi connectivity index (χ3v) is 5.17. The molecule has 0 bridgehead atoms. The van der Waals surface area contributed by atoms with Crippen LogP contribution in [0.25, 0.3) is 0 Å². The van der Waals surface area contributed by atoms with Gasteiger partial charge in [0.05, 0.1) is 6.61 Å². The van der Waals surface area contributed by atoms with Crippen molar-refractivity contribution in [3.63, 3.8) is 0 Å². The molecular weight excluding hydrogens is 346 g/mol. The first-order valence-corrected chi connectivity index (χ1v) is 9.74. The van der Waals surface area contributed by atoms with E-state index in [1.165, 1.54) is 0 Å². The molecule has 0 atom stereocenters. The monoisotopic (exact) mass is 375 g/mol. The number of anilines is 1. The molecule has 1 aromatic carbocycles. The zero-order valence-corrected chi connectivity index (χ0v) is 16.0. The lowest BCUT2D eigenvalue weighted by atomic mass is 9.96. The molecule has 0 aromatic heterocycles. The van der Waals surface area contributed by atoms with Crippen molar-refractivity contribution in [1.82, 2.24) is 9.80 Å². The molecule has 2 heterocycles. The molecule has 0 spiro atoms. The molecule has 0 radical (unpaired) electrons. The molecule has 2 fully saturated rings. The van der Waals surface area contributed by atoms with Gasteiger partial charge >= 0.3 is 6.03 Å². The summed E-state index contributed by atoms with van der Waals surface area (Å²) in [5.74, 6) is 0.652. The van der Waals surface area contributed by atoms with Crippen molar-refractivity contribution in [1.29, 1.82) is 0 Å². The van der Waals surface area contributed by atoms with Crippen LogP contribution in [0, 0.1) is 5.92 Å². The van der Waals surface area contributed by atoms with E-state index in [2.05, 4.69) is 5.32 Å². The number of ether oxygens (including phenoxy) is 2. The number of amides is 3. The van der Waals surface area contributed by atoms with Crippen LogP contribution in [-0.4, -0.2) is 68.2 Å². The zero-order valence-electron chi connectivity index (χ0n) is 16.0. The Balaban J connectivity index is 1.46. The zero-order chi connectivity index (χ0) is 19.1. The van der Waals surface area contributed by atoms with Crippen LogP contribution in [0.2, 0.25) is 0 Å². The summed E-state index contributed by atoms with van der Waals surface area (Å²) in [6.07, 6.45) is 3.60. The van der Waals surface area contributed by atoms with Gasteiger partial charge in [0.25, 0.3) is 0 Å². The van der Waals surface area contributed by atoms with E-state index in [0.717, 1.165) is 31.6 Å². The maximum absolute atomic E-state index is 12.6. The SMILES string of the molecule is COCCOc1cccc(NC(=O)C2CCN(C(=O)N3CCCC3)CC2)c1. The van der Waals surface area contributed by atoms with Gasteiger partial charge in [-0.1, -0.05) is 6.07 Å². The highest BCUT2D eigenvalue weighted by Crippen LogP contribution is 2.23. The Morgan fingerprint density at radius 3 is 2.48 bits per heavy atom. The van der Waals surface area contributed by atoms with Gasteiger partial charge in [-0.2, -0.15) is 0 Å². The van der Waals surface area contributed by atoms with Crippen molar-refractivity contribution >= 4 is 17.6 Å². The number of rotatable bonds is 6. The summed E-state index contributed by atoms with van der Waals surface area (Å²) in [5, 5.41) is 2.98. The molecule has 3 amide bonds. The number of nitrogens with zero attached hydrogens (tertiary/aromatic N) is 2. The van der Waals surface area contributed by atoms with Gasteiger partial charge in [0.2, 0.25) is 5.91 Å². The topological polar surface area (TPSA) is 71.1 Å². The van der Waals surface area contributed by atoms with E-state index in [9.17, 15) is 9.59 Å². The average molecular weight is 375 g/mol. The predicted molar refractivity (Wildman–Crippen MR) is 103 cm³/mol. The van der Waals surface area contributed by atoms with Gasteiger partial charge < -0.3 is 24.6 Å². The first kappa shape index (κ1) is 19.5. The van der Waals surface area contributed by atoms with Crippen LogP contribution in [0.3, 0.4) is 0 Å². The van der Waals surface area contributed by atoms with E-state index in [-0.39, 0.29) is 17.9 Å². The Kier molecular flexibility index (Phi) is 6.92. The number of benzene rings is 1. The van der Waals surface area contributed by atoms with Gasteiger partial charge in [-0.25, -0.2) is 4.79 Å². The number of nitrogens with one attached hydrogen (secondary N) is 1. The van der Waals surface area contributed by atoms with Gasteiger partial charge in [0.15, 0.2) is 0 Å². The number of hydrogen-bond acceptors (Lipinski definition) is 4. The number of urea groups is 1. The first-order valence-electron chi connectivity index (χ1n) is 9.74. The number of methoxy groups -OCH3 is 1. The minimum absolute atomic E-state index is 0.0114. The smallest absolute Gasteiger partial charge is 0.319 e. The summed E-state index contributed by atoms with van der Waals surface area (Å²) >= 11 is 0. The van der Waals surface area contributed by atoms with E-state index < -0.39 is 0 Å². The Morgan fingerprint density at radius 1 is 1.07 bits per heavy atom. The Bertz CT molecular complexity index is 638. The fourth-order valence-electron chi connectivity index (χ4n) is 3.59. The first-order chi connectivity index (χ1) is 13.2. The standard InChI is InChI=1S/C20H29N3O4/c1-26-13-14-27-18-6-4-5-17(15-18)21-19(24)16-7-11-23(12-8-16)20(25)22-9-2-3-10-22/h4-6,15-16H,2-3,7-14H2,1H3,(H,21,24). The van der Waals surface area contributed by atoms with Crippen LogP contribution in [0.5, 0.6) is 5.75 Å². The second-order valence-corrected chi connectivity index (χ2v) is 7.10. The van der Waals surface area contributed by atoms with Crippen LogP contribution in [0.4, 0.5) is 10.5 Å². The van der Waals surface area contributed by atoms with E-state index in [0.29, 0.717) is 44.9 Å². The van der Waals surface area contributed by atoms with E-state index in [1.54, 1.807) is 7.11 Å². The van der Waals surface area contributed by atoms with E-state index in [1.807, 2.05) is 34.1 Å². The highest BCUT2D eigenvalue weighted by atomic mass is 16.5. The average Bonchev–Trinajstić information content (AvgIpc) is 3.23. The van der Waals surface area contributed by atoms with Crippen LogP contribution >= 0.6 is 0 Å². The normalized spacial score (nSPS) is 17.8. The lowest BCUT2D eigenvalue weighted by molar-refractivity contribution is -0.121. The molecular formula is C20H29N3O4. The summed E-state index contributed by atoms with van der Waals surface area (Å²) in [6, 6.07) is 7.52. The molecule has 7 heteroatoms. The molecule has 2 aliphatic heterocycles. The van der Waals surface area contributed by atoms with Crippen molar-refractivity contribution in [3.05, 3.63) is 24.3 Å². The summed E-state index contributed by atoms with van der Waals surface area (Å²) < 4.78 is 10.5. The second-order valence-electron chi connectivity index (χ2n) is 7.10. The summed E-state index contributed by atoms with van der Waals surface area (Å²) in [4.78, 5) is 28.8. The predicted octanol–water partition coefficient (Wildman–Crippen LogP) is 2.58. The highest BCUT2D eigenvalue weighted by Gasteiger charge is 2.30. The van der Waals surface area contributed by atoms with E-state index >= 15 is 0 Å². The van der Waals surface area contributed by atoms with E-state index in [4.69, 9.17) is 9.47 Å². The second kappa shape index (κ2) is 9.60. The molecule has 0 saturated carbocycles. The lowest BCUT2D eigenvalue weighted by Gasteiger charge is -2.34. The maximum Gasteiger partial charge on any atom is 0.319 e. The fraction of sp³-hybridized carbons (Fsp3) is 0.600. The summed E-state index contributed by atoms with van der Waals surface area (Å²) in [7, 11) is 1.63. The molecule has 148 valence electrons. The van der Waals surface area contributed by atoms with Crippen LogP contribution in [-0.2, 0) is 9.53 Å². The molecule has 3 rings (SSSR count). The van der Waals surface area contributed by atoms with Crippen molar-refractivity contribution in [2.75, 3.05) is 51.8 Å². The molecule has 1 N–H and O–H groups in total. The van der Waals surface area contributed by atoms with Gasteiger partial charge in [-0.05, 0) is 37.8 Å². The number of piperidine rings is 1. The maximum atomic E-state index is 12.6. The Hall–Kier alpha value is -2.28.